The Morgan fingerprint density at radius 3 is 2.53 bits per heavy atom. The second kappa shape index (κ2) is 7.59. The number of carbonyl (C=O) groups is 2. The van der Waals surface area contributed by atoms with Crippen molar-refractivity contribution in [2.24, 2.45) is 0 Å². The molecule has 0 fully saturated rings. The van der Waals surface area contributed by atoms with Gasteiger partial charge in [-0.05, 0) is 30.7 Å². The molecular formula is C14H16ClNO3. The molecule has 19 heavy (non-hydrogen) atoms. The maximum absolute atomic E-state index is 11.7. The van der Waals surface area contributed by atoms with Gasteiger partial charge in [0.05, 0.1) is 6.61 Å². The van der Waals surface area contributed by atoms with Gasteiger partial charge in [0.2, 0.25) is 5.91 Å². The molecule has 5 heteroatoms. The molecule has 0 radical (unpaired) electrons. The smallest absolute Gasteiger partial charge is 0.325 e. The Kier molecular flexibility index (Phi) is 6.09. The quantitative estimate of drug-likeness (QED) is 0.615. The third-order valence-electron chi connectivity index (χ3n) is 2.34. The zero-order valence-corrected chi connectivity index (χ0v) is 11.7. The molecule has 0 atom stereocenters. The number of hydrogen-bond donors (Lipinski definition) is 0. The molecular weight excluding hydrogens is 266 g/mol. The van der Waals surface area contributed by atoms with Crippen LogP contribution in [-0.4, -0.2) is 37.0 Å². The molecule has 4 nitrogen and oxygen atoms in total. The summed E-state index contributed by atoms with van der Waals surface area (Å²) in [5.74, 6) is -0.679. The fourth-order valence-corrected chi connectivity index (χ4v) is 1.47. The van der Waals surface area contributed by atoms with Crippen molar-refractivity contribution in [1.29, 1.82) is 0 Å². The molecule has 0 saturated carbocycles. The molecule has 0 aliphatic rings. The predicted molar refractivity (Wildman–Crippen MR) is 74.8 cm³/mol. The molecule has 1 rings (SSSR count). The Labute approximate surface area is 117 Å². The highest BCUT2D eigenvalue weighted by molar-refractivity contribution is 6.30. The van der Waals surface area contributed by atoms with E-state index in [1.165, 1.54) is 11.0 Å². The monoisotopic (exact) mass is 281 g/mol. The van der Waals surface area contributed by atoms with Crippen LogP contribution in [0.3, 0.4) is 0 Å². The standard InChI is InChI=1S/C14H16ClNO3/c1-3-19-14(18)10-16(2)13(17)9-6-11-4-7-12(15)8-5-11/h4-9H,3,10H2,1-2H3. The minimum Gasteiger partial charge on any atom is -0.465 e. The van der Waals surface area contributed by atoms with Crippen LogP contribution in [0, 0.1) is 0 Å². The van der Waals surface area contributed by atoms with E-state index in [4.69, 9.17) is 16.3 Å². The first-order valence-electron chi connectivity index (χ1n) is 5.87. The molecule has 1 aromatic carbocycles. The molecule has 0 aromatic heterocycles. The van der Waals surface area contributed by atoms with E-state index < -0.39 is 5.97 Å². The third-order valence-corrected chi connectivity index (χ3v) is 2.59. The van der Waals surface area contributed by atoms with Gasteiger partial charge in [-0.2, -0.15) is 0 Å². The maximum Gasteiger partial charge on any atom is 0.325 e. The van der Waals surface area contributed by atoms with E-state index in [1.54, 1.807) is 44.3 Å². The first-order chi connectivity index (χ1) is 9.02. The Balaban J connectivity index is 2.54. The van der Waals surface area contributed by atoms with Gasteiger partial charge >= 0.3 is 5.97 Å². The van der Waals surface area contributed by atoms with Gasteiger partial charge in [-0.1, -0.05) is 23.7 Å². The number of halogens is 1. The number of hydrogen-bond acceptors (Lipinski definition) is 3. The van der Waals surface area contributed by atoms with Crippen molar-refractivity contribution >= 4 is 29.6 Å². The van der Waals surface area contributed by atoms with Gasteiger partial charge in [0, 0.05) is 18.1 Å². The third kappa shape index (κ3) is 5.57. The SMILES string of the molecule is CCOC(=O)CN(C)C(=O)C=Cc1ccc(Cl)cc1. The number of amides is 1. The molecule has 0 spiro atoms. The summed E-state index contributed by atoms with van der Waals surface area (Å²) in [4.78, 5) is 24.2. The average Bonchev–Trinajstić information content (AvgIpc) is 2.37. The second-order valence-electron chi connectivity index (χ2n) is 3.88. The Morgan fingerprint density at radius 2 is 1.95 bits per heavy atom. The summed E-state index contributed by atoms with van der Waals surface area (Å²) in [6.07, 6.45) is 3.07. The first kappa shape index (κ1) is 15.2. The van der Waals surface area contributed by atoms with Gasteiger partial charge in [0.15, 0.2) is 0 Å². The zero-order valence-electron chi connectivity index (χ0n) is 10.9. The lowest BCUT2D eigenvalue weighted by atomic mass is 10.2. The molecule has 0 aliphatic heterocycles. The molecule has 0 heterocycles. The Hall–Kier alpha value is -1.81. The minimum absolute atomic E-state index is 0.0579. The molecule has 1 aromatic rings. The summed E-state index contributed by atoms with van der Waals surface area (Å²) in [5, 5.41) is 0.642. The van der Waals surface area contributed by atoms with E-state index in [0.717, 1.165) is 5.56 Å². The van der Waals surface area contributed by atoms with E-state index in [9.17, 15) is 9.59 Å². The van der Waals surface area contributed by atoms with Crippen molar-refractivity contribution in [3.05, 3.63) is 40.9 Å². The molecule has 0 saturated heterocycles. The van der Waals surface area contributed by atoms with Crippen LogP contribution in [0.5, 0.6) is 0 Å². The predicted octanol–water partition coefficient (Wildman–Crippen LogP) is 2.37. The summed E-state index contributed by atoms with van der Waals surface area (Å²) >= 11 is 5.76. The van der Waals surface area contributed by atoms with Crippen LogP contribution in [0.15, 0.2) is 30.3 Å². The Bertz CT molecular complexity index is 468. The molecule has 1 amide bonds. The van der Waals surface area contributed by atoms with Gasteiger partial charge in [-0.15, -0.1) is 0 Å². The van der Waals surface area contributed by atoms with Crippen LogP contribution >= 0.6 is 11.6 Å². The normalized spacial score (nSPS) is 10.5. The fourth-order valence-electron chi connectivity index (χ4n) is 1.35. The maximum atomic E-state index is 11.7. The molecule has 102 valence electrons. The van der Waals surface area contributed by atoms with Gasteiger partial charge < -0.3 is 9.64 Å². The summed E-state index contributed by atoms with van der Waals surface area (Å²) in [6, 6.07) is 7.09. The largest absolute Gasteiger partial charge is 0.465 e. The lowest BCUT2D eigenvalue weighted by molar-refractivity contribution is -0.146. The molecule has 0 aliphatic carbocycles. The number of carbonyl (C=O) groups excluding carboxylic acids is 2. The van der Waals surface area contributed by atoms with Gasteiger partial charge in [0.1, 0.15) is 6.54 Å². The number of ether oxygens (including phenoxy) is 1. The van der Waals surface area contributed by atoms with E-state index in [-0.39, 0.29) is 12.5 Å². The van der Waals surface area contributed by atoms with E-state index >= 15 is 0 Å². The summed E-state index contributed by atoms with van der Waals surface area (Å²) in [6.45, 7) is 1.97. The summed E-state index contributed by atoms with van der Waals surface area (Å²) in [5.41, 5.74) is 0.863. The lowest BCUT2D eigenvalue weighted by Gasteiger charge is -2.13. The number of nitrogens with zero attached hydrogens (tertiary/aromatic N) is 1. The van der Waals surface area contributed by atoms with E-state index in [1.807, 2.05) is 0 Å². The van der Waals surface area contributed by atoms with Gasteiger partial charge in [0.25, 0.3) is 0 Å². The summed E-state index contributed by atoms with van der Waals surface area (Å²) < 4.78 is 4.77. The minimum atomic E-state index is -0.418. The summed E-state index contributed by atoms with van der Waals surface area (Å²) in [7, 11) is 1.55. The van der Waals surface area contributed by atoms with E-state index in [2.05, 4.69) is 0 Å². The highest BCUT2D eigenvalue weighted by Crippen LogP contribution is 2.10. The second-order valence-corrected chi connectivity index (χ2v) is 4.32. The Morgan fingerprint density at radius 1 is 1.32 bits per heavy atom. The van der Waals surface area contributed by atoms with Crippen LogP contribution in [0.25, 0.3) is 6.08 Å². The first-order valence-corrected chi connectivity index (χ1v) is 6.25. The van der Waals surface area contributed by atoms with Crippen LogP contribution in [0.2, 0.25) is 5.02 Å². The number of rotatable bonds is 5. The van der Waals surface area contributed by atoms with Crippen LogP contribution < -0.4 is 0 Å². The van der Waals surface area contributed by atoms with Crippen molar-refractivity contribution in [2.45, 2.75) is 6.92 Å². The van der Waals surface area contributed by atoms with Gasteiger partial charge in [-0.3, -0.25) is 9.59 Å². The fraction of sp³-hybridized carbons (Fsp3) is 0.286. The molecule has 0 bridgehead atoms. The van der Waals surface area contributed by atoms with Crippen molar-refractivity contribution in [1.82, 2.24) is 4.90 Å². The zero-order chi connectivity index (χ0) is 14.3. The molecule has 0 unspecified atom stereocenters. The van der Waals surface area contributed by atoms with Crippen molar-refractivity contribution in [3.8, 4) is 0 Å². The van der Waals surface area contributed by atoms with Crippen LogP contribution in [0.4, 0.5) is 0 Å². The topological polar surface area (TPSA) is 46.6 Å². The van der Waals surface area contributed by atoms with Crippen LogP contribution in [-0.2, 0) is 14.3 Å². The average molecular weight is 282 g/mol. The number of esters is 1. The van der Waals surface area contributed by atoms with Crippen molar-refractivity contribution in [3.63, 3.8) is 0 Å². The van der Waals surface area contributed by atoms with E-state index in [0.29, 0.717) is 11.6 Å². The van der Waals surface area contributed by atoms with Crippen molar-refractivity contribution in [2.75, 3.05) is 20.2 Å². The highest BCUT2D eigenvalue weighted by atomic mass is 35.5. The molecule has 0 N–H and O–H groups in total. The lowest BCUT2D eigenvalue weighted by Crippen LogP contribution is -2.31. The number of likely N-dealkylation sites (N-methyl/N-ethyl adjacent to an activating group) is 1. The van der Waals surface area contributed by atoms with Crippen LogP contribution in [0.1, 0.15) is 12.5 Å². The number of benzene rings is 1. The highest BCUT2D eigenvalue weighted by Gasteiger charge is 2.10. The van der Waals surface area contributed by atoms with Crippen molar-refractivity contribution < 1.29 is 14.3 Å². The van der Waals surface area contributed by atoms with Gasteiger partial charge in [-0.25, -0.2) is 0 Å².